The molecule has 4 nitrogen and oxygen atoms in total. The molecule has 2 atom stereocenters. The summed E-state index contributed by atoms with van der Waals surface area (Å²) in [5.41, 5.74) is 1.29. The number of benzene rings is 1. The van der Waals surface area contributed by atoms with E-state index in [1.165, 1.54) is 0 Å². The highest BCUT2D eigenvalue weighted by Crippen LogP contribution is 2.37. The van der Waals surface area contributed by atoms with Gasteiger partial charge >= 0.3 is 6.18 Å². The zero-order valence-electron chi connectivity index (χ0n) is 12.6. The highest BCUT2D eigenvalue weighted by atomic mass is 19.4. The van der Waals surface area contributed by atoms with Gasteiger partial charge in [-0.25, -0.2) is 0 Å². The Hall–Kier alpha value is -1.60. The quantitative estimate of drug-likeness (QED) is 0.882. The van der Waals surface area contributed by atoms with Crippen molar-refractivity contribution in [2.24, 2.45) is 0 Å². The van der Waals surface area contributed by atoms with Crippen molar-refractivity contribution in [3.63, 3.8) is 0 Å². The molecule has 1 amide bonds. The Bertz CT molecular complexity index is 605. The summed E-state index contributed by atoms with van der Waals surface area (Å²) in [6.45, 7) is -1.32. The highest BCUT2D eigenvalue weighted by Gasteiger charge is 2.45. The first-order valence-corrected chi connectivity index (χ1v) is 7.67. The Kier molecular flexibility index (Phi) is 4.10. The number of likely N-dealkylation sites (tertiary alicyclic amines) is 1. The molecule has 1 aromatic carbocycles. The van der Waals surface area contributed by atoms with Crippen LogP contribution < -0.4 is 5.32 Å². The monoisotopic (exact) mass is 328 g/mol. The van der Waals surface area contributed by atoms with Crippen LogP contribution >= 0.6 is 0 Å². The van der Waals surface area contributed by atoms with Gasteiger partial charge in [-0.05, 0) is 30.4 Å². The number of halogens is 3. The van der Waals surface area contributed by atoms with Crippen molar-refractivity contribution in [3.05, 3.63) is 35.4 Å². The number of fused-ring (bicyclic) bond motifs is 1. The first-order valence-electron chi connectivity index (χ1n) is 7.67. The minimum absolute atomic E-state index is 0.0825. The highest BCUT2D eigenvalue weighted by molar-refractivity contribution is 5.84. The van der Waals surface area contributed by atoms with Crippen LogP contribution in [0.3, 0.4) is 0 Å². The van der Waals surface area contributed by atoms with Crippen LogP contribution in [0, 0.1) is 0 Å². The molecular formula is C16H19F3N2O2. The Balaban J connectivity index is 1.76. The smallest absolute Gasteiger partial charge is 0.394 e. The molecule has 0 bridgehead atoms. The Morgan fingerprint density at radius 1 is 1.35 bits per heavy atom. The number of nitrogens with zero attached hydrogens (tertiary/aromatic N) is 1. The normalized spacial score (nSPS) is 27.6. The summed E-state index contributed by atoms with van der Waals surface area (Å²) in [4.78, 5) is 13.1. The fraction of sp³-hybridized carbons (Fsp3) is 0.562. The number of nitrogens with one attached hydrogen (secondary N) is 1. The van der Waals surface area contributed by atoms with E-state index in [0.29, 0.717) is 12.8 Å². The molecule has 0 spiro atoms. The molecule has 0 aromatic heterocycles. The lowest BCUT2D eigenvalue weighted by atomic mass is 9.91. The molecule has 2 N–H and O–H groups in total. The maximum absolute atomic E-state index is 12.5. The van der Waals surface area contributed by atoms with Crippen LogP contribution in [0.4, 0.5) is 13.2 Å². The number of aliphatic hydroxyl groups excluding tert-OH is 1. The van der Waals surface area contributed by atoms with Crippen molar-refractivity contribution >= 4 is 5.91 Å². The van der Waals surface area contributed by atoms with Crippen molar-refractivity contribution in [1.82, 2.24) is 10.2 Å². The van der Waals surface area contributed by atoms with E-state index in [1.807, 2.05) is 24.3 Å². The van der Waals surface area contributed by atoms with Gasteiger partial charge in [-0.15, -0.1) is 0 Å². The lowest BCUT2D eigenvalue weighted by molar-refractivity contribution is -0.158. The minimum Gasteiger partial charge on any atom is -0.394 e. The summed E-state index contributed by atoms with van der Waals surface area (Å²) in [6, 6.07) is 6.97. The van der Waals surface area contributed by atoms with Gasteiger partial charge in [0.1, 0.15) is 6.54 Å². The Morgan fingerprint density at radius 3 is 2.78 bits per heavy atom. The first-order chi connectivity index (χ1) is 10.8. The summed E-state index contributed by atoms with van der Waals surface area (Å²) < 4.78 is 37.5. The molecule has 1 heterocycles. The fourth-order valence-corrected chi connectivity index (χ4v) is 3.63. The molecule has 7 heteroatoms. The number of alkyl halides is 3. The van der Waals surface area contributed by atoms with E-state index < -0.39 is 30.2 Å². The van der Waals surface area contributed by atoms with Gasteiger partial charge in [-0.1, -0.05) is 24.3 Å². The molecule has 2 aliphatic rings. The summed E-state index contributed by atoms with van der Waals surface area (Å²) in [5.74, 6) is -0.542. The molecule has 126 valence electrons. The molecule has 2 unspecified atom stereocenters. The molecule has 23 heavy (non-hydrogen) atoms. The van der Waals surface area contributed by atoms with E-state index in [2.05, 4.69) is 5.32 Å². The molecule has 0 radical (unpaired) electrons. The van der Waals surface area contributed by atoms with E-state index in [4.69, 9.17) is 0 Å². The maximum atomic E-state index is 12.5. The van der Waals surface area contributed by atoms with Crippen LogP contribution in [0.5, 0.6) is 0 Å². The van der Waals surface area contributed by atoms with Crippen LogP contribution in [0.2, 0.25) is 0 Å². The molecule has 1 saturated heterocycles. The second-order valence-electron chi connectivity index (χ2n) is 6.26. The average molecular weight is 328 g/mol. The van der Waals surface area contributed by atoms with Crippen LogP contribution in [0.15, 0.2) is 24.3 Å². The number of carbonyl (C=O) groups excluding carboxylic acids is 1. The molecule has 1 aliphatic heterocycles. The Morgan fingerprint density at radius 2 is 2.09 bits per heavy atom. The number of hydrogen-bond acceptors (Lipinski definition) is 3. The molecule has 3 rings (SSSR count). The van der Waals surface area contributed by atoms with Gasteiger partial charge in [0.25, 0.3) is 0 Å². The van der Waals surface area contributed by atoms with Crippen molar-refractivity contribution in [2.75, 3.05) is 19.7 Å². The number of hydrogen-bond donors (Lipinski definition) is 2. The third-order valence-electron chi connectivity index (χ3n) is 4.74. The number of aliphatic hydroxyl groups is 1. The van der Waals surface area contributed by atoms with Gasteiger partial charge in [0.05, 0.1) is 18.2 Å². The van der Waals surface area contributed by atoms with E-state index in [1.54, 1.807) is 0 Å². The van der Waals surface area contributed by atoms with Gasteiger partial charge < -0.3 is 10.0 Å². The molecule has 0 saturated carbocycles. The molecule has 1 aliphatic carbocycles. The van der Waals surface area contributed by atoms with E-state index in [9.17, 15) is 23.1 Å². The number of rotatable bonds is 4. The largest absolute Gasteiger partial charge is 0.406 e. The standard InChI is InChI=1S/C16H19F3N2O2/c17-16(18,19)9-21-8-6-13(14(21)23)20-15(10-22)7-5-11-3-1-2-4-12(11)15/h1-4,13,20,22H,5-10H2. The molecular weight excluding hydrogens is 309 g/mol. The van der Waals surface area contributed by atoms with E-state index >= 15 is 0 Å². The fourth-order valence-electron chi connectivity index (χ4n) is 3.63. The lowest BCUT2D eigenvalue weighted by Crippen LogP contribution is -2.52. The first kappa shape index (κ1) is 16.3. The summed E-state index contributed by atoms with van der Waals surface area (Å²) >= 11 is 0. The molecule has 1 aromatic rings. The topological polar surface area (TPSA) is 52.6 Å². The van der Waals surface area contributed by atoms with Gasteiger partial charge in [0, 0.05) is 6.54 Å². The van der Waals surface area contributed by atoms with E-state index in [0.717, 1.165) is 22.4 Å². The van der Waals surface area contributed by atoms with Gasteiger partial charge in [0.15, 0.2) is 0 Å². The SMILES string of the molecule is O=C1C(NC2(CO)CCc3ccccc32)CCN1CC(F)(F)F. The average Bonchev–Trinajstić information content (AvgIpc) is 3.03. The maximum Gasteiger partial charge on any atom is 0.406 e. The number of carbonyl (C=O) groups is 1. The summed E-state index contributed by atoms with van der Waals surface area (Å²) in [5, 5.41) is 13.0. The second-order valence-corrected chi connectivity index (χ2v) is 6.26. The van der Waals surface area contributed by atoms with Crippen molar-refractivity contribution in [1.29, 1.82) is 0 Å². The summed E-state index contributed by atoms with van der Waals surface area (Å²) in [7, 11) is 0. The van der Waals surface area contributed by atoms with Crippen LogP contribution in [-0.4, -0.2) is 47.8 Å². The van der Waals surface area contributed by atoms with Crippen LogP contribution in [0.25, 0.3) is 0 Å². The van der Waals surface area contributed by atoms with Gasteiger partial charge in [-0.3, -0.25) is 10.1 Å². The summed E-state index contributed by atoms with van der Waals surface area (Å²) in [6.07, 6.45) is -2.67. The number of aryl methyl sites for hydroxylation is 1. The second kappa shape index (κ2) is 5.79. The third-order valence-corrected chi connectivity index (χ3v) is 4.74. The molecule has 1 fully saturated rings. The lowest BCUT2D eigenvalue weighted by Gasteiger charge is -2.32. The predicted molar refractivity (Wildman–Crippen MR) is 77.7 cm³/mol. The van der Waals surface area contributed by atoms with E-state index in [-0.39, 0.29) is 13.2 Å². The van der Waals surface area contributed by atoms with Crippen molar-refractivity contribution < 1.29 is 23.1 Å². The van der Waals surface area contributed by atoms with Crippen molar-refractivity contribution in [3.8, 4) is 0 Å². The van der Waals surface area contributed by atoms with Crippen molar-refractivity contribution in [2.45, 2.75) is 37.0 Å². The zero-order valence-corrected chi connectivity index (χ0v) is 12.6. The third kappa shape index (κ3) is 3.07. The Labute approximate surface area is 132 Å². The zero-order chi connectivity index (χ0) is 16.7. The van der Waals surface area contributed by atoms with Gasteiger partial charge in [0.2, 0.25) is 5.91 Å². The minimum atomic E-state index is -4.39. The van der Waals surface area contributed by atoms with Crippen LogP contribution in [0.1, 0.15) is 24.0 Å². The van der Waals surface area contributed by atoms with Gasteiger partial charge in [-0.2, -0.15) is 13.2 Å². The number of amides is 1. The van der Waals surface area contributed by atoms with Crippen LogP contribution in [-0.2, 0) is 16.8 Å². The predicted octanol–water partition coefficient (Wildman–Crippen LogP) is 1.57.